The maximum atomic E-state index is 9.58. The Morgan fingerprint density at radius 3 is 1.75 bits per heavy atom. The van der Waals surface area contributed by atoms with Gasteiger partial charge in [-0.05, 0) is 0 Å². The average Bonchev–Trinajstić information content (AvgIpc) is 1.21. The van der Waals surface area contributed by atoms with Crippen LogP contribution in [0.4, 0.5) is 0 Å². The predicted molar refractivity (Wildman–Crippen MR) is 23.4 cm³/mol. The molecule has 0 rings (SSSR count). The van der Waals surface area contributed by atoms with E-state index >= 15 is 0 Å². The topological polar surface area (TPSA) is 104 Å². The minimum absolute atomic E-state index is 1.99. The Balaban J connectivity index is 4.62. The first kappa shape index (κ1) is 7.77. The molecule has 0 bridgehead atoms. The molecule has 0 aromatic carbocycles. The van der Waals surface area contributed by atoms with Gasteiger partial charge in [0.2, 0.25) is 0 Å². The van der Waals surface area contributed by atoms with E-state index in [2.05, 4.69) is 0 Å². The number of nitrogens with zero attached hydrogens (tertiary/aromatic N) is 1. The zero-order valence-electron chi connectivity index (χ0n) is 3.42. The maximum absolute atomic E-state index is 9.58. The fourth-order valence-electron chi connectivity index (χ4n) is 0.0868. The Hall–Kier alpha value is -0.230. The van der Waals surface area contributed by atoms with Crippen molar-refractivity contribution >= 4 is 18.2 Å². The van der Waals surface area contributed by atoms with Crippen LogP contribution in [0.15, 0.2) is 4.13 Å². The summed E-state index contributed by atoms with van der Waals surface area (Å²) >= 11 is 0. The van der Waals surface area contributed by atoms with Crippen LogP contribution < -0.4 is 0 Å². The quantitative estimate of drug-likeness (QED) is 0.484. The van der Waals surface area contributed by atoms with Gasteiger partial charge >= 0.3 is 18.2 Å². The van der Waals surface area contributed by atoms with E-state index in [1.54, 1.807) is 0 Å². The normalized spacial score (nSPS) is 10.8. The fourth-order valence-corrected chi connectivity index (χ4v) is 0.782. The third kappa shape index (κ3) is 5.77. The van der Waals surface area contributed by atoms with Crippen molar-refractivity contribution in [2.45, 2.75) is 0 Å². The molecule has 0 aromatic heterocycles. The van der Waals surface area contributed by atoms with Crippen molar-refractivity contribution in [1.29, 1.82) is 0 Å². The van der Waals surface area contributed by atoms with Gasteiger partial charge < -0.3 is 9.79 Å². The summed E-state index contributed by atoms with van der Waals surface area (Å²) in [6.07, 6.45) is 0. The van der Waals surface area contributed by atoms with E-state index in [-0.39, 0.29) is 0 Å². The third-order valence-corrected chi connectivity index (χ3v) is 1.56. The molecule has 0 spiro atoms. The van der Waals surface area contributed by atoms with Gasteiger partial charge in [0.05, 0.1) is 0 Å². The van der Waals surface area contributed by atoms with E-state index in [4.69, 9.17) is 9.79 Å². The van der Waals surface area contributed by atoms with Gasteiger partial charge in [-0.3, -0.25) is 0 Å². The zero-order valence-corrected chi connectivity index (χ0v) is 5.13. The summed E-state index contributed by atoms with van der Waals surface area (Å²) in [7, 11) is -7.73. The van der Waals surface area contributed by atoms with Gasteiger partial charge in [-0.2, -0.15) is 8.42 Å². The number of hydrogen-bond acceptors (Lipinski definition) is 3. The first-order valence-electron chi connectivity index (χ1n) is 1.30. The van der Waals surface area contributed by atoms with Gasteiger partial charge in [-0.15, -0.1) is 0 Å². The second kappa shape index (κ2) is 2.36. The molecule has 0 saturated carbocycles. The lowest BCUT2D eigenvalue weighted by atomic mass is 13.9. The Labute approximate surface area is 46.1 Å². The molecule has 0 aromatic rings. The van der Waals surface area contributed by atoms with Crippen LogP contribution in [0.5, 0.6) is 0 Å². The van der Waals surface area contributed by atoms with E-state index in [1.165, 1.54) is 0 Å². The van der Waals surface area contributed by atoms with Crippen molar-refractivity contribution in [3.8, 4) is 0 Å². The maximum Gasteiger partial charge on any atom is 0.463 e. The molecule has 6 nitrogen and oxygen atoms in total. The Morgan fingerprint density at radius 2 is 1.75 bits per heavy atom. The summed E-state index contributed by atoms with van der Waals surface area (Å²) in [4.78, 5) is 15.5. The standard InChI is InChI=1S/H2NO5PS/c2-7(3,4)1-8(5)6/h(H2,2,3,4). The molecule has 0 aliphatic heterocycles. The highest BCUT2D eigenvalue weighted by molar-refractivity contribution is 7.69. The summed E-state index contributed by atoms with van der Waals surface area (Å²) in [5.41, 5.74) is 0. The summed E-state index contributed by atoms with van der Waals surface area (Å²) in [6, 6.07) is 0. The highest BCUT2D eigenvalue weighted by Gasteiger charge is 2.09. The third-order valence-electron chi connectivity index (χ3n) is 0.173. The Morgan fingerprint density at radius 1 is 1.38 bits per heavy atom. The van der Waals surface area contributed by atoms with Crippen LogP contribution in [-0.4, -0.2) is 18.2 Å². The lowest BCUT2D eigenvalue weighted by molar-refractivity contribution is 0.375. The molecule has 0 fully saturated rings. The minimum atomic E-state index is -4.71. The van der Waals surface area contributed by atoms with Crippen LogP contribution in [0.1, 0.15) is 0 Å². The van der Waals surface area contributed by atoms with Crippen molar-refractivity contribution in [2.75, 3.05) is 0 Å². The molecule has 0 saturated heterocycles. The SMILES string of the molecule is O=S(=O)=NP(=O)(O)O. The summed E-state index contributed by atoms with van der Waals surface area (Å²) in [5, 5.41) is 0. The first-order chi connectivity index (χ1) is 3.42. The van der Waals surface area contributed by atoms with Gasteiger partial charge in [0, 0.05) is 0 Å². The predicted octanol–water partition coefficient (Wildman–Crippen LogP) is -0.858. The average molecular weight is 159 g/mol. The minimum Gasteiger partial charge on any atom is -0.306 e. The largest absolute Gasteiger partial charge is 0.463 e. The van der Waals surface area contributed by atoms with E-state index < -0.39 is 18.2 Å². The van der Waals surface area contributed by atoms with Crippen molar-refractivity contribution in [3.05, 3.63) is 0 Å². The van der Waals surface area contributed by atoms with Crippen molar-refractivity contribution in [1.82, 2.24) is 0 Å². The number of rotatable bonds is 1. The summed E-state index contributed by atoms with van der Waals surface area (Å²) < 4.78 is 30.3. The van der Waals surface area contributed by atoms with Crippen LogP contribution in [0, 0.1) is 0 Å². The van der Waals surface area contributed by atoms with Crippen LogP contribution >= 0.6 is 7.75 Å². The van der Waals surface area contributed by atoms with Crippen LogP contribution in [0.25, 0.3) is 0 Å². The fraction of sp³-hybridized carbons (Fsp3) is 0. The van der Waals surface area contributed by atoms with Crippen molar-refractivity contribution in [2.24, 2.45) is 4.13 Å². The van der Waals surface area contributed by atoms with Gasteiger partial charge in [0.1, 0.15) is 0 Å². The second-order valence-electron chi connectivity index (χ2n) is 0.812. The summed E-state index contributed by atoms with van der Waals surface area (Å²) in [6.45, 7) is 0. The van der Waals surface area contributed by atoms with E-state index in [1.807, 2.05) is 4.13 Å². The molecule has 0 heterocycles. The molecule has 0 aliphatic rings. The summed E-state index contributed by atoms with van der Waals surface area (Å²) in [5.74, 6) is 0. The molecule has 0 aliphatic carbocycles. The van der Waals surface area contributed by atoms with Gasteiger partial charge in [0.15, 0.2) is 0 Å². The number of hydrogen-bond donors (Lipinski definition) is 2. The van der Waals surface area contributed by atoms with E-state index in [0.717, 1.165) is 0 Å². The van der Waals surface area contributed by atoms with E-state index in [0.29, 0.717) is 0 Å². The lowest BCUT2D eigenvalue weighted by Gasteiger charge is -1.84. The van der Waals surface area contributed by atoms with Crippen LogP contribution in [-0.2, 0) is 15.1 Å². The molecular weight excluding hydrogens is 157 g/mol. The molecule has 8 heavy (non-hydrogen) atoms. The smallest absolute Gasteiger partial charge is 0.306 e. The highest BCUT2D eigenvalue weighted by Crippen LogP contribution is 2.35. The molecule has 0 amide bonds. The molecule has 0 atom stereocenters. The van der Waals surface area contributed by atoms with E-state index in [9.17, 15) is 13.0 Å². The van der Waals surface area contributed by atoms with Crippen LogP contribution in [0.2, 0.25) is 0 Å². The van der Waals surface area contributed by atoms with Gasteiger partial charge in [-0.25, -0.2) is 4.57 Å². The Kier molecular flexibility index (Phi) is 2.29. The lowest BCUT2D eigenvalue weighted by Crippen LogP contribution is -1.67. The molecule has 8 heteroatoms. The molecular formula is H2NO5PS. The van der Waals surface area contributed by atoms with Crippen molar-refractivity contribution < 1.29 is 22.8 Å². The molecule has 0 radical (unpaired) electrons. The zero-order chi connectivity index (χ0) is 6.78. The molecule has 48 valence electrons. The van der Waals surface area contributed by atoms with Gasteiger partial charge in [0.25, 0.3) is 0 Å². The molecule has 2 N–H and O–H groups in total. The monoisotopic (exact) mass is 159 g/mol. The van der Waals surface area contributed by atoms with Crippen molar-refractivity contribution in [3.63, 3.8) is 0 Å². The first-order valence-corrected chi connectivity index (χ1v) is 3.90. The molecule has 0 unspecified atom stereocenters. The Bertz CT molecular complexity index is 221. The second-order valence-corrected chi connectivity index (χ2v) is 2.93. The van der Waals surface area contributed by atoms with Gasteiger partial charge in [-0.1, -0.05) is 4.13 Å². The highest BCUT2D eigenvalue weighted by atomic mass is 32.2. The van der Waals surface area contributed by atoms with Crippen LogP contribution in [0.3, 0.4) is 0 Å².